The molecule has 0 bridgehead atoms. The minimum Gasteiger partial charge on any atom is -0.212 e. The highest BCUT2D eigenvalue weighted by Gasteiger charge is 2.04. The maximum Gasteiger partial charge on any atom is 0.233 e. The van der Waals surface area contributed by atoms with E-state index in [-0.39, 0.29) is 5.75 Å². The Bertz CT molecular complexity index is 348. The molecule has 0 aliphatic heterocycles. The second kappa shape index (κ2) is 4.88. The van der Waals surface area contributed by atoms with Crippen molar-refractivity contribution >= 4 is 31.5 Å². The Kier molecular flexibility index (Phi) is 4.09. The second-order valence-electron chi connectivity index (χ2n) is 2.40. The summed E-state index contributed by atoms with van der Waals surface area (Å²) in [5.74, 6) is 0.504. The van der Waals surface area contributed by atoms with Gasteiger partial charge in [-0.2, -0.15) is 0 Å². The normalized spacial score (nSPS) is 11.5. The van der Waals surface area contributed by atoms with E-state index in [2.05, 4.69) is 0 Å². The van der Waals surface area contributed by atoms with Gasteiger partial charge in [-0.25, -0.2) is 8.42 Å². The van der Waals surface area contributed by atoms with Gasteiger partial charge in [-0.3, -0.25) is 0 Å². The number of halogens is 1. The summed E-state index contributed by atoms with van der Waals surface area (Å²) in [6, 6.07) is 9.62. The summed E-state index contributed by atoms with van der Waals surface area (Å²) in [4.78, 5) is 1.06. The number of thioether (sulfide) groups is 1. The molecule has 0 saturated carbocycles. The van der Waals surface area contributed by atoms with Crippen LogP contribution in [0.5, 0.6) is 0 Å². The van der Waals surface area contributed by atoms with Crippen LogP contribution in [0.3, 0.4) is 0 Å². The number of rotatable bonds is 4. The summed E-state index contributed by atoms with van der Waals surface area (Å²) in [5.41, 5.74) is 0. The van der Waals surface area contributed by atoms with Gasteiger partial charge >= 0.3 is 0 Å². The summed E-state index contributed by atoms with van der Waals surface area (Å²) in [6.45, 7) is 0. The molecular formula is C8H9ClO2S2. The summed E-state index contributed by atoms with van der Waals surface area (Å²) in [7, 11) is 1.72. The van der Waals surface area contributed by atoms with Crippen LogP contribution in [0.2, 0.25) is 0 Å². The molecule has 0 atom stereocenters. The molecule has 0 spiro atoms. The predicted octanol–water partition coefficient (Wildman–Crippen LogP) is 2.35. The van der Waals surface area contributed by atoms with Gasteiger partial charge in [0.25, 0.3) is 0 Å². The van der Waals surface area contributed by atoms with Crippen molar-refractivity contribution in [2.45, 2.75) is 4.90 Å². The van der Waals surface area contributed by atoms with E-state index in [1.54, 1.807) is 0 Å². The fourth-order valence-electron chi connectivity index (χ4n) is 0.776. The van der Waals surface area contributed by atoms with Crippen LogP contribution in [-0.4, -0.2) is 19.9 Å². The lowest BCUT2D eigenvalue weighted by molar-refractivity contribution is 0.611. The smallest absolute Gasteiger partial charge is 0.212 e. The van der Waals surface area contributed by atoms with E-state index in [4.69, 9.17) is 10.7 Å². The van der Waals surface area contributed by atoms with Gasteiger partial charge in [-0.1, -0.05) is 18.2 Å². The number of hydrogen-bond acceptors (Lipinski definition) is 3. The Morgan fingerprint density at radius 3 is 2.38 bits per heavy atom. The first-order valence-electron chi connectivity index (χ1n) is 3.68. The highest BCUT2D eigenvalue weighted by molar-refractivity contribution is 8.14. The van der Waals surface area contributed by atoms with Crippen LogP contribution in [0.4, 0.5) is 0 Å². The van der Waals surface area contributed by atoms with E-state index >= 15 is 0 Å². The lowest BCUT2D eigenvalue weighted by Gasteiger charge is -1.98. The molecule has 0 aliphatic carbocycles. The molecule has 13 heavy (non-hydrogen) atoms. The second-order valence-corrected chi connectivity index (χ2v) is 6.47. The van der Waals surface area contributed by atoms with Gasteiger partial charge in [0.05, 0.1) is 5.75 Å². The molecule has 1 rings (SSSR count). The first kappa shape index (κ1) is 10.9. The minimum atomic E-state index is -3.34. The highest BCUT2D eigenvalue weighted by Crippen LogP contribution is 2.17. The van der Waals surface area contributed by atoms with Crippen molar-refractivity contribution in [2.24, 2.45) is 0 Å². The molecule has 5 heteroatoms. The first-order valence-corrected chi connectivity index (χ1v) is 7.14. The third kappa shape index (κ3) is 5.18. The summed E-state index contributed by atoms with van der Waals surface area (Å²) in [5, 5.41) is 0. The average molecular weight is 237 g/mol. The van der Waals surface area contributed by atoms with Crippen molar-refractivity contribution in [1.82, 2.24) is 0 Å². The van der Waals surface area contributed by atoms with E-state index in [1.165, 1.54) is 11.8 Å². The molecule has 0 fully saturated rings. The van der Waals surface area contributed by atoms with Crippen molar-refractivity contribution in [1.29, 1.82) is 0 Å². The molecule has 0 amide bonds. The Morgan fingerprint density at radius 1 is 1.23 bits per heavy atom. The number of hydrogen-bond donors (Lipinski definition) is 0. The Morgan fingerprint density at radius 2 is 1.85 bits per heavy atom. The van der Waals surface area contributed by atoms with Crippen molar-refractivity contribution in [2.75, 3.05) is 11.5 Å². The highest BCUT2D eigenvalue weighted by atomic mass is 35.7. The Labute approximate surface area is 86.7 Å². The van der Waals surface area contributed by atoms with Gasteiger partial charge in [0.2, 0.25) is 9.05 Å². The van der Waals surface area contributed by atoms with Gasteiger partial charge < -0.3 is 0 Å². The molecule has 0 aliphatic rings. The summed E-state index contributed by atoms with van der Waals surface area (Å²) in [6.07, 6.45) is 0. The van der Waals surface area contributed by atoms with E-state index < -0.39 is 9.05 Å². The van der Waals surface area contributed by atoms with E-state index in [9.17, 15) is 8.42 Å². The molecule has 2 nitrogen and oxygen atoms in total. The zero-order chi connectivity index (χ0) is 9.73. The van der Waals surface area contributed by atoms with Gasteiger partial charge in [0.1, 0.15) is 0 Å². The molecule has 0 radical (unpaired) electrons. The molecule has 0 aromatic heterocycles. The van der Waals surface area contributed by atoms with Crippen LogP contribution in [0.15, 0.2) is 35.2 Å². The maximum atomic E-state index is 10.6. The van der Waals surface area contributed by atoms with Crippen molar-refractivity contribution in [3.8, 4) is 0 Å². The molecule has 0 unspecified atom stereocenters. The van der Waals surface area contributed by atoms with Crippen LogP contribution in [0, 0.1) is 0 Å². The van der Waals surface area contributed by atoms with Gasteiger partial charge in [0, 0.05) is 21.3 Å². The summed E-state index contributed by atoms with van der Waals surface area (Å²) >= 11 is 1.48. The maximum absolute atomic E-state index is 10.6. The molecule has 1 aromatic carbocycles. The van der Waals surface area contributed by atoms with Crippen molar-refractivity contribution in [3.63, 3.8) is 0 Å². The zero-order valence-electron chi connectivity index (χ0n) is 6.81. The molecule has 0 saturated heterocycles. The van der Waals surface area contributed by atoms with Crippen molar-refractivity contribution < 1.29 is 8.42 Å². The minimum absolute atomic E-state index is 0.00805. The molecular weight excluding hydrogens is 228 g/mol. The van der Waals surface area contributed by atoms with Crippen LogP contribution in [0.25, 0.3) is 0 Å². The zero-order valence-corrected chi connectivity index (χ0v) is 9.20. The van der Waals surface area contributed by atoms with Gasteiger partial charge in [0.15, 0.2) is 0 Å². The summed E-state index contributed by atoms with van der Waals surface area (Å²) < 4.78 is 21.1. The fraction of sp³-hybridized carbons (Fsp3) is 0.250. The van der Waals surface area contributed by atoms with Crippen LogP contribution in [-0.2, 0) is 9.05 Å². The third-order valence-corrected chi connectivity index (χ3v) is 3.77. The molecule has 1 aromatic rings. The van der Waals surface area contributed by atoms with E-state index in [1.807, 2.05) is 30.3 Å². The van der Waals surface area contributed by atoms with Gasteiger partial charge in [-0.15, -0.1) is 11.8 Å². The first-order chi connectivity index (χ1) is 6.08. The average Bonchev–Trinajstić information content (AvgIpc) is 2.04. The Balaban J connectivity index is 2.37. The lowest BCUT2D eigenvalue weighted by Crippen LogP contribution is -1.99. The third-order valence-electron chi connectivity index (χ3n) is 1.34. The fourth-order valence-corrected chi connectivity index (χ4v) is 3.06. The topological polar surface area (TPSA) is 34.1 Å². The standard InChI is InChI=1S/C8H9ClO2S2/c9-13(10,11)7-6-12-8-4-2-1-3-5-8/h1-5H,6-7H2. The Hall–Kier alpha value is -0.190. The largest absolute Gasteiger partial charge is 0.233 e. The lowest BCUT2D eigenvalue weighted by atomic mass is 10.4. The SMILES string of the molecule is O=S(=O)(Cl)CCSc1ccccc1. The van der Waals surface area contributed by atoms with Crippen molar-refractivity contribution in [3.05, 3.63) is 30.3 Å². The van der Waals surface area contributed by atoms with Crippen LogP contribution in [0.1, 0.15) is 0 Å². The van der Waals surface area contributed by atoms with Crippen LogP contribution < -0.4 is 0 Å². The van der Waals surface area contributed by atoms with E-state index in [0.29, 0.717) is 5.75 Å². The quantitative estimate of drug-likeness (QED) is 0.595. The molecule has 72 valence electrons. The van der Waals surface area contributed by atoms with E-state index in [0.717, 1.165) is 4.90 Å². The number of benzene rings is 1. The predicted molar refractivity (Wildman–Crippen MR) is 56.8 cm³/mol. The van der Waals surface area contributed by atoms with Gasteiger partial charge in [-0.05, 0) is 12.1 Å². The van der Waals surface area contributed by atoms with Crippen LogP contribution >= 0.6 is 22.4 Å². The monoisotopic (exact) mass is 236 g/mol. The molecule has 0 heterocycles. The molecule has 0 N–H and O–H groups in total.